The quantitative estimate of drug-likeness (QED) is 0.652. The van der Waals surface area contributed by atoms with Crippen molar-refractivity contribution in [1.29, 1.82) is 0 Å². The van der Waals surface area contributed by atoms with Crippen LogP contribution >= 0.6 is 0 Å². The highest BCUT2D eigenvalue weighted by Crippen LogP contribution is 2.21. The van der Waals surface area contributed by atoms with E-state index in [2.05, 4.69) is 5.32 Å². The first-order chi connectivity index (χ1) is 10.7. The van der Waals surface area contributed by atoms with E-state index in [0.717, 1.165) is 17.0 Å². The van der Waals surface area contributed by atoms with Gasteiger partial charge < -0.3 is 14.8 Å². The number of methoxy groups -OCH3 is 1. The maximum atomic E-state index is 11.8. The fraction of sp³-hybridized carbons (Fsp3) is 0.167. The summed E-state index contributed by atoms with van der Waals surface area (Å²) in [6.45, 7) is 2.13. The van der Waals surface area contributed by atoms with Crippen LogP contribution in [0.2, 0.25) is 0 Å². The zero-order valence-electron chi connectivity index (χ0n) is 12.7. The summed E-state index contributed by atoms with van der Waals surface area (Å²) in [7, 11) is 1.62. The van der Waals surface area contributed by atoms with Gasteiger partial charge >= 0.3 is 5.97 Å². The van der Waals surface area contributed by atoms with E-state index in [1.165, 1.54) is 6.08 Å². The van der Waals surface area contributed by atoms with E-state index in [-0.39, 0.29) is 5.97 Å². The summed E-state index contributed by atoms with van der Waals surface area (Å²) < 4.78 is 10.1. The molecule has 4 nitrogen and oxygen atoms in total. The molecule has 114 valence electrons. The molecule has 0 spiro atoms. The monoisotopic (exact) mass is 297 g/mol. The Morgan fingerprint density at radius 2 is 1.77 bits per heavy atom. The molecule has 2 aromatic rings. The number of esters is 1. The molecule has 22 heavy (non-hydrogen) atoms. The molecule has 0 atom stereocenters. The van der Waals surface area contributed by atoms with Crippen LogP contribution in [0.3, 0.4) is 0 Å². The zero-order chi connectivity index (χ0) is 15.8. The normalized spacial score (nSPS) is 10.9. The molecule has 0 heterocycles. The van der Waals surface area contributed by atoms with E-state index in [0.29, 0.717) is 12.3 Å². The Kier molecular flexibility index (Phi) is 5.60. The van der Waals surface area contributed by atoms with E-state index in [4.69, 9.17) is 9.47 Å². The summed E-state index contributed by atoms with van der Waals surface area (Å²) in [5.74, 6) is 0.406. The van der Waals surface area contributed by atoms with Gasteiger partial charge in [-0.2, -0.15) is 0 Å². The SMILES string of the molecule is CCOC(=O)/C=C(/Nc1ccc(OC)cc1)c1ccccc1. The summed E-state index contributed by atoms with van der Waals surface area (Å²) >= 11 is 0. The van der Waals surface area contributed by atoms with Crippen LogP contribution in [0.15, 0.2) is 60.7 Å². The van der Waals surface area contributed by atoms with Gasteiger partial charge in [0.15, 0.2) is 0 Å². The smallest absolute Gasteiger partial charge is 0.332 e. The fourth-order valence-electron chi connectivity index (χ4n) is 1.94. The van der Waals surface area contributed by atoms with E-state index in [1.54, 1.807) is 14.0 Å². The number of benzene rings is 2. The van der Waals surface area contributed by atoms with Gasteiger partial charge in [-0.3, -0.25) is 0 Å². The summed E-state index contributed by atoms with van der Waals surface area (Å²) in [4.78, 5) is 11.8. The average Bonchev–Trinajstić information content (AvgIpc) is 2.56. The van der Waals surface area contributed by atoms with Crippen LogP contribution in [-0.4, -0.2) is 19.7 Å². The molecule has 0 aliphatic heterocycles. The predicted molar refractivity (Wildman–Crippen MR) is 87.7 cm³/mol. The molecule has 0 aromatic heterocycles. The minimum atomic E-state index is -0.373. The minimum Gasteiger partial charge on any atom is -0.497 e. The Labute approximate surface area is 130 Å². The standard InChI is InChI=1S/C18H19NO3/c1-3-22-18(20)13-17(14-7-5-4-6-8-14)19-15-9-11-16(21-2)12-10-15/h4-13,19H,3H2,1-2H3/b17-13+. The second kappa shape index (κ2) is 7.88. The number of anilines is 1. The maximum Gasteiger partial charge on any atom is 0.332 e. The van der Waals surface area contributed by atoms with Crippen molar-refractivity contribution in [3.8, 4) is 5.75 Å². The third-order valence-corrected chi connectivity index (χ3v) is 3.00. The van der Waals surface area contributed by atoms with E-state index >= 15 is 0 Å². The largest absolute Gasteiger partial charge is 0.497 e. The summed E-state index contributed by atoms with van der Waals surface area (Å²) in [6, 6.07) is 17.1. The number of nitrogens with one attached hydrogen (secondary N) is 1. The first kappa shape index (κ1) is 15.6. The molecule has 0 radical (unpaired) electrons. The highest BCUT2D eigenvalue weighted by Gasteiger charge is 2.06. The third-order valence-electron chi connectivity index (χ3n) is 3.00. The number of hydrogen-bond donors (Lipinski definition) is 1. The molecule has 0 saturated carbocycles. The highest BCUT2D eigenvalue weighted by molar-refractivity contribution is 5.94. The second-order valence-electron chi connectivity index (χ2n) is 4.53. The lowest BCUT2D eigenvalue weighted by molar-refractivity contribution is -0.137. The Balaban J connectivity index is 2.26. The molecule has 4 heteroatoms. The van der Waals surface area contributed by atoms with Crippen LogP contribution in [0.5, 0.6) is 5.75 Å². The summed E-state index contributed by atoms with van der Waals surface area (Å²) in [5, 5.41) is 3.24. The van der Waals surface area contributed by atoms with Gasteiger partial charge in [0.05, 0.1) is 19.4 Å². The van der Waals surface area contributed by atoms with Gasteiger partial charge in [-0.1, -0.05) is 30.3 Å². The van der Waals surface area contributed by atoms with Crippen molar-refractivity contribution in [2.24, 2.45) is 0 Å². The topological polar surface area (TPSA) is 47.6 Å². The zero-order valence-corrected chi connectivity index (χ0v) is 12.7. The molecule has 2 aromatic carbocycles. The molecule has 1 N–H and O–H groups in total. The van der Waals surface area contributed by atoms with Crippen LogP contribution in [0.1, 0.15) is 12.5 Å². The lowest BCUT2D eigenvalue weighted by Crippen LogP contribution is -2.05. The summed E-state index contributed by atoms with van der Waals surface area (Å²) in [5.41, 5.74) is 2.45. The highest BCUT2D eigenvalue weighted by atomic mass is 16.5. The fourth-order valence-corrected chi connectivity index (χ4v) is 1.94. The van der Waals surface area contributed by atoms with Crippen molar-refractivity contribution >= 4 is 17.4 Å². The molecule has 0 bridgehead atoms. The van der Waals surface area contributed by atoms with Gasteiger partial charge in [-0.05, 0) is 36.8 Å². The predicted octanol–water partition coefficient (Wildman–Crippen LogP) is 3.71. The molecular weight excluding hydrogens is 278 g/mol. The number of carbonyl (C=O) groups excluding carboxylic acids is 1. The summed E-state index contributed by atoms with van der Waals surface area (Å²) in [6.07, 6.45) is 1.46. The van der Waals surface area contributed by atoms with Crippen molar-refractivity contribution in [3.05, 3.63) is 66.2 Å². The van der Waals surface area contributed by atoms with Crippen LogP contribution in [0.4, 0.5) is 5.69 Å². The molecular formula is C18H19NO3. The first-order valence-electron chi connectivity index (χ1n) is 7.08. The Bertz CT molecular complexity index is 633. The van der Waals surface area contributed by atoms with Crippen molar-refractivity contribution in [1.82, 2.24) is 0 Å². The number of hydrogen-bond acceptors (Lipinski definition) is 4. The van der Waals surface area contributed by atoms with Crippen molar-refractivity contribution in [2.75, 3.05) is 19.0 Å². The molecule has 0 amide bonds. The van der Waals surface area contributed by atoms with Gasteiger partial charge in [-0.25, -0.2) is 4.79 Å². The lowest BCUT2D eigenvalue weighted by atomic mass is 10.1. The Morgan fingerprint density at radius 3 is 2.36 bits per heavy atom. The average molecular weight is 297 g/mol. The van der Waals surface area contributed by atoms with Gasteiger partial charge in [0.1, 0.15) is 5.75 Å². The number of carbonyl (C=O) groups is 1. The first-order valence-corrected chi connectivity index (χ1v) is 7.08. The molecule has 0 fully saturated rings. The number of ether oxygens (including phenoxy) is 2. The van der Waals surface area contributed by atoms with Crippen molar-refractivity contribution < 1.29 is 14.3 Å². The molecule has 0 aliphatic rings. The van der Waals surface area contributed by atoms with E-state index in [9.17, 15) is 4.79 Å². The van der Waals surface area contributed by atoms with Crippen LogP contribution in [0.25, 0.3) is 5.70 Å². The molecule has 0 saturated heterocycles. The van der Waals surface area contributed by atoms with Crippen molar-refractivity contribution in [3.63, 3.8) is 0 Å². The molecule has 0 unspecified atom stereocenters. The number of rotatable bonds is 6. The van der Waals surface area contributed by atoms with Crippen LogP contribution < -0.4 is 10.1 Å². The maximum absolute atomic E-state index is 11.8. The van der Waals surface area contributed by atoms with Crippen LogP contribution in [0, 0.1) is 0 Å². The second-order valence-corrected chi connectivity index (χ2v) is 4.53. The Hall–Kier alpha value is -2.75. The van der Waals surface area contributed by atoms with Crippen molar-refractivity contribution in [2.45, 2.75) is 6.92 Å². The van der Waals surface area contributed by atoms with Gasteiger partial charge in [-0.15, -0.1) is 0 Å². The third kappa shape index (κ3) is 4.38. The van der Waals surface area contributed by atoms with Gasteiger partial charge in [0.2, 0.25) is 0 Å². The van der Waals surface area contributed by atoms with Gasteiger partial charge in [0.25, 0.3) is 0 Å². The molecule has 0 aliphatic carbocycles. The van der Waals surface area contributed by atoms with E-state index in [1.807, 2.05) is 54.6 Å². The van der Waals surface area contributed by atoms with Crippen LogP contribution in [-0.2, 0) is 9.53 Å². The lowest BCUT2D eigenvalue weighted by Gasteiger charge is -2.12. The molecule has 2 rings (SSSR count). The van der Waals surface area contributed by atoms with E-state index < -0.39 is 0 Å². The Morgan fingerprint density at radius 1 is 1.09 bits per heavy atom. The van der Waals surface area contributed by atoms with Gasteiger partial charge in [0, 0.05) is 11.8 Å². The minimum absolute atomic E-state index is 0.347.